The molecule has 1 heterocycles. The number of rotatable bonds is 2. The molecule has 1 fully saturated rings. The first-order valence-corrected chi connectivity index (χ1v) is 5.52. The average molecular weight is 184 g/mol. The summed E-state index contributed by atoms with van der Waals surface area (Å²) >= 11 is 0. The topological polar surface area (TPSA) is 6.48 Å². The third kappa shape index (κ3) is 2.44. The van der Waals surface area contributed by atoms with Crippen LogP contribution in [0, 0.1) is 0 Å². The zero-order valence-corrected chi connectivity index (χ0v) is 9.75. The third-order valence-electron chi connectivity index (χ3n) is 3.60. The number of piperazine rings is 1. The largest absolute Gasteiger partial charge is 0.298 e. The average Bonchev–Trinajstić information content (AvgIpc) is 2.12. The molecule has 0 aromatic carbocycles. The van der Waals surface area contributed by atoms with Crippen molar-refractivity contribution in [1.82, 2.24) is 9.80 Å². The van der Waals surface area contributed by atoms with Crippen LogP contribution in [0.25, 0.3) is 0 Å². The van der Waals surface area contributed by atoms with Gasteiger partial charge >= 0.3 is 0 Å². The van der Waals surface area contributed by atoms with Crippen molar-refractivity contribution in [2.75, 3.05) is 20.1 Å². The molecule has 1 rings (SSSR count). The number of hydrogen-bond donors (Lipinski definition) is 0. The molecule has 0 aromatic rings. The molecule has 0 radical (unpaired) electrons. The summed E-state index contributed by atoms with van der Waals surface area (Å²) in [7, 11) is 2.24. The first-order chi connectivity index (χ1) is 6.06. The van der Waals surface area contributed by atoms with Crippen LogP contribution in [0.3, 0.4) is 0 Å². The van der Waals surface area contributed by atoms with Gasteiger partial charge in [0.25, 0.3) is 0 Å². The van der Waals surface area contributed by atoms with E-state index in [0.29, 0.717) is 12.1 Å². The molecule has 0 amide bonds. The Morgan fingerprint density at radius 2 is 1.69 bits per heavy atom. The minimum absolute atomic E-state index is 0.706. The van der Waals surface area contributed by atoms with Gasteiger partial charge < -0.3 is 0 Å². The van der Waals surface area contributed by atoms with Crippen molar-refractivity contribution in [3.05, 3.63) is 0 Å². The third-order valence-corrected chi connectivity index (χ3v) is 3.60. The highest BCUT2D eigenvalue weighted by atomic mass is 15.3. The fourth-order valence-corrected chi connectivity index (χ4v) is 2.06. The first-order valence-electron chi connectivity index (χ1n) is 5.52. The van der Waals surface area contributed by atoms with E-state index in [9.17, 15) is 0 Å². The van der Waals surface area contributed by atoms with Crippen molar-refractivity contribution < 1.29 is 0 Å². The summed E-state index contributed by atoms with van der Waals surface area (Å²) < 4.78 is 0. The van der Waals surface area contributed by atoms with E-state index in [-0.39, 0.29) is 0 Å². The highest BCUT2D eigenvalue weighted by Gasteiger charge is 2.28. The van der Waals surface area contributed by atoms with E-state index in [1.807, 2.05) is 0 Å². The molecule has 13 heavy (non-hydrogen) atoms. The number of likely N-dealkylation sites (N-methyl/N-ethyl adjacent to an activating group) is 1. The van der Waals surface area contributed by atoms with Gasteiger partial charge in [0.2, 0.25) is 0 Å². The van der Waals surface area contributed by atoms with Crippen molar-refractivity contribution in [1.29, 1.82) is 0 Å². The van der Waals surface area contributed by atoms with Crippen LogP contribution in [0.2, 0.25) is 0 Å². The lowest BCUT2D eigenvalue weighted by Gasteiger charge is -2.44. The maximum absolute atomic E-state index is 2.62. The Morgan fingerprint density at radius 1 is 1.23 bits per heavy atom. The maximum Gasteiger partial charge on any atom is 0.0195 e. The Bertz CT molecular complexity index is 146. The minimum atomic E-state index is 0.706. The smallest absolute Gasteiger partial charge is 0.0195 e. The Hall–Kier alpha value is -0.0800. The monoisotopic (exact) mass is 184 g/mol. The maximum atomic E-state index is 2.62. The standard InChI is InChI=1S/C11H24N2/c1-6-9(2)13-7-10(3)12(5)11(4)8-13/h9-11H,6-8H2,1-5H3/t9?,10-,11+. The van der Waals surface area contributed by atoms with E-state index in [0.717, 1.165) is 6.04 Å². The second-order valence-corrected chi connectivity index (χ2v) is 4.57. The molecule has 2 heteroatoms. The highest BCUT2D eigenvalue weighted by molar-refractivity contribution is 4.84. The van der Waals surface area contributed by atoms with Gasteiger partial charge in [0.1, 0.15) is 0 Å². The summed E-state index contributed by atoms with van der Waals surface area (Å²) in [6.07, 6.45) is 1.27. The molecular weight excluding hydrogens is 160 g/mol. The van der Waals surface area contributed by atoms with Crippen LogP contribution in [0.5, 0.6) is 0 Å². The van der Waals surface area contributed by atoms with Gasteiger partial charge in [-0.25, -0.2) is 0 Å². The lowest BCUT2D eigenvalue weighted by atomic mass is 10.1. The zero-order valence-electron chi connectivity index (χ0n) is 9.75. The van der Waals surface area contributed by atoms with Crippen LogP contribution < -0.4 is 0 Å². The van der Waals surface area contributed by atoms with Gasteiger partial charge in [-0.1, -0.05) is 6.92 Å². The van der Waals surface area contributed by atoms with E-state index >= 15 is 0 Å². The van der Waals surface area contributed by atoms with E-state index in [2.05, 4.69) is 44.5 Å². The molecule has 0 saturated carbocycles. The van der Waals surface area contributed by atoms with Gasteiger partial charge in [0.05, 0.1) is 0 Å². The van der Waals surface area contributed by atoms with E-state index in [1.165, 1.54) is 19.5 Å². The van der Waals surface area contributed by atoms with Crippen LogP contribution in [-0.2, 0) is 0 Å². The van der Waals surface area contributed by atoms with Crippen molar-refractivity contribution in [3.8, 4) is 0 Å². The van der Waals surface area contributed by atoms with Gasteiger partial charge in [-0.2, -0.15) is 0 Å². The number of nitrogens with zero attached hydrogens (tertiary/aromatic N) is 2. The predicted molar refractivity (Wildman–Crippen MR) is 58.0 cm³/mol. The molecule has 0 aliphatic carbocycles. The summed E-state index contributed by atoms with van der Waals surface area (Å²) in [5.74, 6) is 0. The van der Waals surface area contributed by atoms with E-state index < -0.39 is 0 Å². The molecule has 2 nitrogen and oxygen atoms in total. The molecule has 0 spiro atoms. The summed E-state index contributed by atoms with van der Waals surface area (Å²) in [6.45, 7) is 11.7. The first kappa shape index (κ1) is 11.0. The lowest BCUT2D eigenvalue weighted by molar-refractivity contribution is 0.0372. The summed E-state index contributed by atoms with van der Waals surface area (Å²) in [6, 6.07) is 2.16. The Kier molecular flexibility index (Phi) is 3.74. The van der Waals surface area contributed by atoms with Crippen LogP contribution in [-0.4, -0.2) is 48.1 Å². The summed E-state index contributed by atoms with van der Waals surface area (Å²) in [5.41, 5.74) is 0. The van der Waals surface area contributed by atoms with Gasteiger partial charge in [-0.15, -0.1) is 0 Å². The Morgan fingerprint density at radius 3 is 2.08 bits per heavy atom. The Balaban J connectivity index is 2.53. The van der Waals surface area contributed by atoms with Crippen LogP contribution in [0.1, 0.15) is 34.1 Å². The van der Waals surface area contributed by atoms with Crippen molar-refractivity contribution in [2.45, 2.75) is 52.2 Å². The van der Waals surface area contributed by atoms with Gasteiger partial charge in [0.15, 0.2) is 0 Å². The van der Waals surface area contributed by atoms with E-state index in [4.69, 9.17) is 0 Å². The predicted octanol–water partition coefficient (Wildman–Crippen LogP) is 1.81. The highest BCUT2D eigenvalue weighted by Crippen LogP contribution is 2.16. The molecule has 78 valence electrons. The van der Waals surface area contributed by atoms with Crippen molar-refractivity contribution in [3.63, 3.8) is 0 Å². The fraction of sp³-hybridized carbons (Fsp3) is 1.00. The summed E-state index contributed by atoms with van der Waals surface area (Å²) in [4.78, 5) is 5.11. The fourth-order valence-electron chi connectivity index (χ4n) is 2.06. The Labute approximate surface area is 82.9 Å². The van der Waals surface area contributed by atoms with Gasteiger partial charge in [-0.3, -0.25) is 9.80 Å². The molecule has 1 aliphatic heterocycles. The lowest BCUT2D eigenvalue weighted by Crippen LogP contribution is -2.56. The SMILES string of the molecule is CCC(C)N1C[C@@H](C)N(C)[C@@H](C)C1. The molecule has 0 bridgehead atoms. The van der Waals surface area contributed by atoms with Crippen LogP contribution in [0.15, 0.2) is 0 Å². The second-order valence-electron chi connectivity index (χ2n) is 4.57. The molecule has 1 aliphatic rings. The van der Waals surface area contributed by atoms with Crippen LogP contribution in [0.4, 0.5) is 0 Å². The van der Waals surface area contributed by atoms with Crippen LogP contribution >= 0.6 is 0 Å². The van der Waals surface area contributed by atoms with Gasteiger partial charge in [0, 0.05) is 31.2 Å². The summed E-state index contributed by atoms with van der Waals surface area (Å²) in [5, 5.41) is 0. The van der Waals surface area contributed by atoms with Gasteiger partial charge in [-0.05, 0) is 34.2 Å². The molecule has 1 saturated heterocycles. The molecule has 3 atom stereocenters. The second kappa shape index (κ2) is 4.43. The molecule has 1 unspecified atom stereocenters. The van der Waals surface area contributed by atoms with Crippen molar-refractivity contribution in [2.24, 2.45) is 0 Å². The van der Waals surface area contributed by atoms with E-state index in [1.54, 1.807) is 0 Å². The zero-order chi connectivity index (χ0) is 10.0. The number of hydrogen-bond acceptors (Lipinski definition) is 2. The molecular formula is C11H24N2. The van der Waals surface area contributed by atoms with Crippen molar-refractivity contribution >= 4 is 0 Å². The quantitative estimate of drug-likeness (QED) is 0.646. The molecule has 0 aromatic heterocycles. The normalized spacial score (nSPS) is 34.8. The minimum Gasteiger partial charge on any atom is -0.298 e. The molecule has 0 N–H and O–H groups in total.